The van der Waals surface area contributed by atoms with Gasteiger partial charge in [0.05, 0.1) is 0 Å². The Kier molecular flexibility index (Phi) is 4.64. The number of nitrogens with two attached hydrogens (primary N) is 1. The van der Waals surface area contributed by atoms with Crippen LogP contribution in [0.5, 0.6) is 11.5 Å². The molecule has 3 heteroatoms. The summed E-state index contributed by atoms with van der Waals surface area (Å²) in [5.74, 6) is 1.69. The molecule has 0 saturated carbocycles. The second-order valence-corrected chi connectivity index (χ2v) is 5.72. The fraction of sp³-hybridized carbons (Fsp3) is 0.368. The number of rotatable bonds is 5. The summed E-state index contributed by atoms with van der Waals surface area (Å²) >= 11 is 0. The lowest BCUT2D eigenvalue weighted by Crippen LogP contribution is -2.15. The van der Waals surface area contributed by atoms with Crippen LogP contribution >= 0.6 is 0 Å². The van der Waals surface area contributed by atoms with E-state index in [1.807, 2.05) is 6.07 Å². The summed E-state index contributed by atoms with van der Waals surface area (Å²) in [6.07, 6.45) is 2.92. The van der Waals surface area contributed by atoms with E-state index in [-0.39, 0.29) is 6.04 Å². The molecule has 2 aromatic rings. The molecule has 0 spiro atoms. The van der Waals surface area contributed by atoms with Crippen molar-refractivity contribution in [1.29, 1.82) is 0 Å². The van der Waals surface area contributed by atoms with Gasteiger partial charge in [0.2, 0.25) is 0 Å². The highest BCUT2D eigenvalue weighted by atomic mass is 16.6. The van der Waals surface area contributed by atoms with Gasteiger partial charge in [-0.3, -0.25) is 0 Å². The summed E-state index contributed by atoms with van der Waals surface area (Å²) in [5, 5.41) is 0. The average molecular weight is 297 g/mol. The van der Waals surface area contributed by atoms with Crippen molar-refractivity contribution in [2.24, 2.45) is 5.73 Å². The van der Waals surface area contributed by atoms with Crippen molar-refractivity contribution in [3.63, 3.8) is 0 Å². The van der Waals surface area contributed by atoms with E-state index >= 15 is 0 Å². The van der Waals surface area contributed by atoms with Crippen LogP contribution < -0.4 is 15.2 Å². The summed E-state index contributed by atoms with van der Waals surface area (Å²) in [6.45, 7) is 3.42. The molecule has 116 valence electrons. The second kappa shape index (κ2) is 6.84. The van der Waals surface area contributed by atoms with Gasteiger partial charge in [-0.15, -0.1) is 0 Å². The van der Waals surface area contributed by atoms with Gasteiger partial charge in [0.15, 0.2) is 11.5 Å². The number of hydrogen-bond donors (Lipinski definition) is 1. The van der Waals surface area contributed by atoms with Crippen LogP contribution in [0.2, 0.25) is 0 Å². The largest absolute Gasteiger partial charge is 0.486 e. The van der Waals surface area contributed by atoms with Crippen molar-refractivity contribution in [1.82, 2.24) is 0 Å². The monoisotopic (exact) mass is 297 g/mol. The van der Waals surface area contributed by atoms with E-state index < -0.39 is 0 Å². The lowest BCUT2D eigenvalue weighted by molar-refractivity contribution is 0.171. The van der Waals surface area contributed by atoms with E-state index in [4.69, 9.17) is 15.2 Å². The Morgan fingerprint density at radius 1 is 0.955 bits per heavy atom. The molecule has 1 unspecified atom stereocenters. The SMILES string of the molecule is CCc1ccc(C(N)CCc2ccc3c(c2)OCCO3)cc1. The van der Waals surface area contributed by atoms with Crippen molar-refractivity contribution in [2.75, 3.05) is 13.2 Å². The van der Waals surface area contributed by atoms with Gasteiger partial charge in [0.25, 0.3) is 0 Å². The van der Waals surface area contributed by atoms with Gasteiger partial charge >= 0.3 is 0 Å². The zero-order valence-electron chi connectivity index (χ0n) is 13.0. The first kappa shape index (κ1) is 14.9. The Morgan fingerprint density at radius 3 is 2.36 bits per heavy atom. The topological polar surface area (TPSA) is 44.5 Å². The number of fused-ring (bicyclic) bond motifs is 1. The molecule has 0 saturated heterocycles. The molecule has 22 heavy (non-hydrogen) atoms. The quantitative estimate of drug-likeness (QED) is 0.916. The molecule has 1 atom stereocenters. The Bertz CT molecular complexity index is 622. The minimum atomic E-state index is 0.0686. The third-order valence-electron chi connectivity index (χ3n) is 4.17. The molecule has 2 aromatic carbocycles. The van der Waals surface area contributed by atoms with Gasteiger partial charge in [0.1, 0.15) is 13.2 Å². The first-order chi connectivity index (χ1) is 10.8. The van der Waals surface area contributed by atoms with E-state index in [1.54, 1.807) is 0 Å². The lowest BCUT2D eigenvalue weighted by Gasteiger charge is -2.19. The van der Waals surface area contributed by atoms with Crippen LogP contribution in [-0.4, -0.2) is 13.2 Å². The van der Waals surface area contributed by atoms with Gasteiger partial charge < -0.3 is 15.2 Å². The molecule has 0 bridgehead atoms. The standard InChI is InChI=1S/C19H23NO2/c1-2-14-3-7-16(8-4-14)17(20)9-5-15-6-10-18-19(13-15)22-12-11-21-18/h3-4,6-8,10,13,17H,2,5,9,11-12,20H2,1H3. The maximum absolute atomic E-state index is 6.32. The Hall–Kier alpha value is -2.00. The van der Waals surface area contributed by atoms with Gasteiger partial charge in [-0.05, 0) is 48.1 Å². The van der Waals surface area contributed by atoms with E-state index in [1.165, 1.54) is 16.7 Å². The van der Waals surface area contributed by atoms with Crippen molar-refractivity contribution >= 4 is 0 Å². The highest BCUT2D eigenvalue weighted by Gasteiger charge is 2.12. The molecular weight excluding hydrogens is 274 g/mol. The van der Waals surface area contributed by atoms with Gasteiger partial charge in [-0.2, -0.15) is 0 Å². The average Bonchev–Trinajstić information content (AvgIpc) is 2.59. The lowest BCUT2D eigenvalue weighted by atomic mass is 9.98. The Balaban J connectivity index is 1.61. The molecule has 1 aliphatic rings. The zero-order valence-corrected chi connectivity index (χ0v) is 13.0. The van der Waals surface area contributed by atoms with Crippen molar-refractivity contribution in [3.05, 3.63) is 59.2 Å². The highest BCUT2D eigenvalue weighted by Crippen LogP contribution is 2.31. The molecular formula is C19H23NO2. The molecule has 1 aliphatic heterocycles. The minimum Gasteiger partial charge on any atom is -0.486 e. The number of aryl methyl sites for hydroxylation is 2. The number of hydrogen-bond acceptors (Lipinski definition) is 3. The maximum atomic E-state index is 6.32. The molecule has 1 heterocycles. The number of ether oxygens (including phenoxy) is 2. The van der Waals surface area contributed by atoms with Crippen LogP contribution in [0.15, 0.2) is 42.5 Å². The van der Waals surface area contributed by atoms with Crippen LogP contribution in [0.25, 0.3) is 0 Å². The van der Waals surface area contributed by atoms with Gasteiger partial charge in [-0.25, -0.2) is 0 Å². The van der Waals surface area contributed by atoms with Crippen molar-refractivity contribution in [3.8, 4) is 11.5 Å². The predicted octanol–water partition coefficient (Wildman–Crippen LogP) is 3.65. The van der Waals surface area contributed by atoms with Crippen LogP contribution in [0.3, 0.4) is 0 Å². The maximum Gasteiger partial charge on any atom is 0.161 e. The molecule has 0 amide bonds. The predicted molar refractivity (Wildman–Crippen MR) is 88.5 cm³/mol. The van der Waals surface area contributed by atoms with Crippen LogP contribution in [0, 0.1) is 0 Å². The summed E-state index contributed by atoms with van der Waals surface area (Å²) in [7, 11) is 0. The van der Waals surface area contributed by atoms with Crippen LogP contribution in [-0.2, 0) is 12.8 Å². The van der Waals surface area contributed by atoms with Crippen LogP contribution in [0.4, 0.5) is 0 Å². The fourth-order valence-corrected chi connectivity index (χ4v) is 2.73. The smallest absolute Gasteiger partial charge is 0.161 e. The molecule has 0 aliphatic carbocycles. The second-order valence-electron chi connectivity index (χ2n) is 5.72. The zero-order chi connectivity index (χ0) is 15.4. The Labute approximate surface area is 132 Å². The normalized spacial score (nSPS) is 14.6. The molecule has 2 N–H and O–H groups in total. The summed E-state index contributed by atoms with van der Waals surface area (Å²) < 4.78 is 11.2. The fourth-order valence-electron chi connectivity index (χ4n) is 2.73. The van der Waals surface area contributed by atoms with E-state index in [0.717, 1.165) is 30.8 Å². The van der Waals surface area contributed by atoms with Crippen LogP contribution in [0.1, 0.15) is 36.1 Å². The highest BCUT2D eigenvalue weighted by molar-refractivity contribution is 5.43. The first-order valence-electron chi connectivity index (χ1n) is 7.99. The molecule has 3 rings (SSSR count). The minimum absolute atomic E-state index is 0.0686. The third kappa shape index (κ3) is 3.42. The first-order valence-corrected chi connectivity index (χ1v) is 7.99. The summed E-state index contributed by atoms with van der Waals surface area (Å²) in [5.41, 5.74) is 10.1. The summed E-state index contributed by atoms with van der Waals surface area (Å²) in [6, 6.07) is 14.9. The van der Waals surface area contributed by atoms with Crippen molar-refractivity contribution in [2.45, 2.75) is 32.2 Å². The number of benzene rings is 2. The van der Waals surface area contributed by atoms with Gasteiger partial charge in [0, 0.05) is 6.04 Å². The van der Waals surface area contributed by atoms with E-state index in [2.05, 4.69) is 43.3 Å². The van der Waals surface area contributed by atoms with E-state index in [9.17, 15) is 0 Å². The molecule has 0 aromatic heterocycles. The van der Waals surface area contributed by atoms with Gasteiger partial charge in [-0.1, -0.05) is 37.3 Å². The van der Waals surface area contributed by atoms with Crippen molar-refractivity contribution < 1.29 is 9.47 Å². The Morgan fingerprint density at radius 2 is 1.64 bits per heavy atom. The molecule has 0 fully saturated rings. The molecule has 3 nitrogen and oxygen atoms in total. The van der Waals surface area contributed by atoms with E-state index in [0.29, 0.717) is 13.2 Å². The third-order valence-corrected chi connectivity index (χ3v) is 4.17. The summed E-state index contributed by atoms with van der Waals surface area (Å²) in [4.78, 5) is 0. The molecule has 0 radical (unpaired) electrons.